The lowest BCUT2D eigenvalue weighted by Crippen LogP contribution is -2.07. The number of rotatable bonds is 6. The van der Waals surface area contributed by atoms with Crippen molar-refractivity contribution in [1.82, 2.24) is 19.9 Å². The van der Waals surface area contributed by atoms with Crippen LogP contribution < -0.4 is 25.3 Å². The average Bonchev–Trinajstić information content (AvgIpc) is 3.07. The van der Waals surface area contributed by atoms with Crippen molar-refractivity contribution >= 4 is 22.9 Å². The Morgan fingerprint density at radius 2 is 1.75 bits per heavy atom. The number of ether oxygens (including phenoxy) is 3. The largest absolute Gasteiger partial charge is 0.496 e. The first-order chi connectivity index (χ1) is 11.7. The van der Waals surface area contributed by atoms with Gasteiger partial charge in [-0.3, -0.25) is 0 Å². The van der Waals surface area contributed by atoms with Crippen molar-refractivity contribution in [2.75, 3.05) is 32.4 Å². The quantitative estimate of drug-likeness (QED) is 0.623. The molecule has 3 rings (SSSR count). The minimum absolute atomic E-state index is 0.149. The van der Waals surface area contributed by atoms with Crippen molar-refractivity contribution in [3.05, 3.63) is 24.0 Å². The lowest BCUT2D eigenvalue weighted by Gasteiger charge is -2.15. The fourth-order valence-electron chi connectivity index (χ4n) is 2.39. The summed E-state index contributed by atoms with van der Waals surface area (Å²) in [6.45, 7) is 0.439. The molecule has 0 unspecified atom stereocenters. The van der Waals surface area contributed by atoms with Crippen LogP contribution in [0, 0.1) is 0 Å². The highest BCUT2D eigenvalue weighted by Crippen LogP contribution is 2.35. The zero-order valence-electron chi connectivity index (χ0n) is 13.6. The van der Waals surface area contributed by atoms with E-state index in [1.54, 1.807) is 33.7 Å². The lowest BCUT2D eigenvalue weighted by molar-refractivity contribution is 0.347. The second kappa shape index (κ2) is 6.49. The standard InChI is InChI=1S/C15H18N6O3/c1-22-9-5-11(24-3)10(23-2)4-8(9)6-17-13-12-14(19-7-18-12)21-15(16)20-13/h4-5,7H,6H2,1-3H3,(H4,16,17,18,19,20,21). The Hall–Kier alpha value is -3.23. The molecule has 0 aliphatic carbocycles. The molecule has 0 radical (unpaired) electrons. The van der Waals surface area contributed by atoms with E-state index in [2.05, 4.69) is 25.3 Å². The Labute approximate surface area is 138 Å². The fourth-order valence-corrected chi connectivity index (χ4v) is 2.39. The van der Waals surface area contributed by atoms with E-state index >= 15 is 0 Å². The van der Waals surface area contributed by atoms with Crippen molar-refractivity contribution in [3.8, 4) is 17.2 Å². The van der Waals surface area contributed by atoms with Crippen LogP contribution in [0.5, 0.6) is 17.2 Å². The third-order valence-electron chi connectivity index (χ3n) is 3.54. The van der Waals surface area contributed by atoms with Crippen LogP contribution in [0.3, 0.4) is 0 Å². The van der Waals surface area contributed by atoms with Gasteiger partial charge < -0.3 is 30.2 Å². The molecule has 0 atom stereocenters. The van der Waals surface area contributed by atoms with Gasteiger partial charge in [0, 0.05) is 18.2 Å². The number of nitrogens with one attached hydrogen (secondary N) is 2. The number of H-pyrrole nitrogens is 1. The summed E-state index contributed by atoms with van der Waals surface area (Å²) in [5.41, 5.74) is 7.78. The molecule has 4 N–H and O–H groups in total. The van der Waals surface area contributed by atoms with E-state index in [0.717, 1.165) is 5.56 Å². The lowest BCUT2D eigenvalue weighted by atomic mass is 10.1. The average molecular weight is 330 g/mol. The van der Waals surface area contributed by atoms with Gasteiger partial charge in [0.25, 0.3) is 0 Å². The molecule has 0 saturated heterocycles. The van der Waals surface area contributed by atoms with E-state index in [-0.39, 0.29) is 5.95 Å². The number of nitrogens with two attached hydrogens (primary N) is 1. The summed E-state index contributed by atoms with van der Waals surface area (Å²) in [4.78, 5) is 15.3. The molecule has 2 aromatic heterocycles. The minimum atomic E-state index is 0.149. The van der Waals surface area contributed by atoms with Crippen molar-refractivity contribution < 1.29 is 14.2 Å². The Bertz CT molecular complexity index is 864. The number of imidazole rings is 1. The molecule has 126 valence electrons. The second-order valence-electron chi connectivity index (χ2n) is 4.90. The molecule has 9 heteroatoms. The minimum Gasteiger partial charge on any atom is -0.496 e. The number of fused-ring (bicyclic) bond motifs is 1. The van der Waals surface area contributed by atoms with Gasteiger partial charge in [-0.1, -0.05) is 0 Å². The summed E-state index contributed by atoms with van der Waals surface area (Å²) in [5, 5.41) is 3.22. The Morgan fingerprint density at radius 1 is 1.04 bits per heavy atom. The Balaban J connectivity index is 1.92. The van der Waals surface area contributed by atoms with Gasteiger partial charge >= 0.3 is 0 Å². The van der Waals surface area contributed by atoms with Crippen LogP contribution in [0.1, 0.15) is 5.56 Å². The van der Waals surface area contributed by atoms with E-state index in [4.69, 9.17) is 19.9 Å². The Morgan fingerprint density at radius 3 is 2.46 bits per heavy atom. The molecule has 0 saturated carbocycles. The van der Waals surface area contributed by atoms with Gasteiger partial charge in [-0.2, -0.15) is 9.97 Å². The molecule has 3 aromatic rings. The second-order valence-corrected chi connectivity index (χ2v) is 4.90. The van der Waals surface area contributed by atoms with E-state index in [9.17, 15) is 0 Å². The fraction of sp³-hybridized carbons (Fsp3) is 0.267. The van der Waals surface area contributed by atoms with Crippen LogP contribution in [-0.2, 0) is 6.54 Å². The number of hydrogen-bond donors (Lipinski definition) is 3. The van der Waals surface area contributed by atoms with Crippen LogP contribution in [0.2, 0.25) is 0 Å². The van der Waals surface area contributed by atoms with Crippen LogP contribution in [-0.4, -0.2) is 41.3 Å². The number of hydrogen-bond acceptors (Lipinski definition) is 8. The van der Waals surface area contributed by atoms with E-state index in [0.29, 0.717) is 40.8 Å². The number of nitrogen functional groups attached to an aromatic ring is 1. The SMILES string of the molecule is COc1cc(OC)c(OC)cc1CNc1nc(N)nc2nc[nH]c12. The molecule has 2 heterocycles. The molecule has 0 aliphatic rings. The highest BCUT2D eigenvalue weighted by molar-refractivity contribution is 5.83. The monoisotopic (exact) mass is 330 g/mol. The predicted octanol–water partition coefficient (Wildman–Crippen LogP) is 1.57. The van der Waals surface area contributed by atoms with Gasteiger partial charge in [-0.05, 0) is 6.07 Å². The zero-order chi connectivity index (χ0) is 17.1. The molecule has 9 nitrogen and oxygen atoms in total. The molecule has 0 bridgehead atoms. The first-order valence-corrected chi connectivity index (χ1v) is 7.15. The number of methoxy groups -OCH3 is 3. The maximum absolute atomic E-state index is 5.72. The van der Waals surface area contributed by atoms with Gasteiger partial charge in [0.1, 0.15) is 11.3 Å². The van der Waals surface area contributed by atoms with E-state index in [1.165, 1.54) is 0 Å². The van der Waals surface area contributed by atoms with Gasteiger partial charge in [0.05, 0.1) is 27.7 Å². The molecular weight excluding hydrogens is 312 g/mol. The van der Waals surface area contributed by atoms with Crippen LogP contribution >= 0.6 is 0 Å². The number of aromatic amines is 1. The molecule has 1 aromatic carbocycles. The maximum Gasteiger partial charge on any atom is 0.224 e. The van der Waals surface area contributed by atoms with Crippen LogP contribution in [0.25, 0.3) is 11.2 Å². The molecular formula is C15H18N6O3. The highest BCUT2D eigenvalue weighted by atomic mass is 16.5. The highest BCUT2D eigenvalue weighted by Gasteiger charge is 2.13. The molecule has 0 aliphatic heterocycles. The third-order valence-corrected chi connectivity index (χ3v) is 3.54. The number of nitrogens with zero attached hydrogens (tertiary/aromatic N) is 3. The number of benzene rings is 1. The number of aromatic nitrogens is 4. The summed E-state index contributed by atoms with van der Waals surface area (Å²) in [7, 11) is 4.76. The van der Waals surface area contributed by atoms with Crippen molar-refractivity contribution in [2.45, 2.75) is 6.54 Å². The van der Waals surface area contributed by atoms with Gasteiger partial charge in [0.2, 0.25) is 5.95 Å². The summed E-state index contributed by atoms with van der Waals surface area (Å²) in [6, 6.07) is 3.62. The third kappa shape index (κ3) is 2.83. The normalized spacial score (nSPS) is 10.6. The number of anilines is 2. The van der Waals surface area contributed by atoms with Crippen molar-refractivity contribution in [2.24, 2.45) is 0 Å². The van der Waals surface area contributed by atoms with Gasteiger partial charge in [-0.25, -0.2) is 4.98 Å². The first kappa shape index (κ1) is 15.7. The maximum atomic E-state index is 5.72. The molecule has 0 fully saturated rings. The molecule has 24 heavy (non-hydrogen) atoms. The summed E-state index contributed by atoms with van der Waals surface area (Å²) < 4.78 is 16.0. The zero-order valence-corrected chi connectivity index (χ0v) is 13.6. The predicted molar refractivity (Wildman–Crippen MR) is 89.5 cm³/mol. The van der Waals surface area contributed by atoms with Gasteiger partial charge in [0.15, 0.2) is 23.0 Å². The van der Waals surface area contributed by atoms with Crippen molar-refractivity contribution in [3.63, 3.8) is 0 Å². The smallest absolute Gasteiger partial charge is 0.224 e. The Kier molecular flexibility index (Phi) is 4.23. The first-order valence-electron chi connectivity index (χ1n) is 7.15. The van der Waals surface area contributed by atoms with Gasteiger partial charge in [-0.15, -0.1) is 0 Å². The van der Waals surface area contributed by atoms with E-state index < -0.39 is 0 Å². The van der Waals surface area contributed by atoms with Crippen LogP contribution in [0.15, 0.2) is 18.5 Å². The van der Waals surface area contributed by atoms with E-state index in [1.807, 2.05) is 6.07 Å². The topological polar surface area (TPSA) is 120 Å². The summed E-state index contributed by atoms with van der Waals surface area (Å²) in [6.07, 6.45) is 1.54. The summed E-state index contributed by atoms with van der Waals surface area (Å²) >= 11 is 0. The summed E-state index contributed by atoms with van der Waals surface area (Å²) in [5.74, 6) is 2.59. The molecule has 0 spiro atoms. The molecule has 0 amide bonds. The van der Waals surface area contributed by atoms with Crippen LogP contribution in [0.4, 0.5) is 11.8 Å². The van der Waals surface area contributed by atoms with Crippen molar-refractivity contribution in [1.29, 1.82) is 0 Å².